The first-order chi connectivity index (χ1) is 17.4. The van der Waals surface area contributed by atoms with Crippen molar-refractivity contribution in [3.63, 3.8) is 0 Å². The zero-order valence-corrected chi connectivity index (χ0v) is 21.3. The maximum atomic E-state index is 13.2. The van der Waals surface area contributed by atoms with Crippen LogP contribution in [0, 0.1) is 0 Å². The van der Waals surface area contributed by atoms with Crippen molar-refractivity contribution in [1.29, 1.82) is 0 Å². The summed E-state index contributed by atoms with van der Waals surface area (Å²) in [6, 6.07) is 2.93. The highest BCUT2D eigenvalue weighted by atomic mass is 16.5. The van der Waals surface area contributed by atoms with Gasteiger partial charge < -0.3 is 28.7 Å². The van der Waals surface area contributed by atoms with Crippen LogP contribution < -0.4 is 9.47 Å². The molecule has 10 nitrogen and oxygen atoms in total. The number of carbonyl (C=O) groups is 3. The summed E-state index contributed by atoms with van der Waals surface area (Å²) in [5.41, 5.74) is 0.799. The second-order valence-electron chi connectivity index (χ2n) is 7.77. The van der Waals surface area contributed by atoms with E-state index in [4.69, 9.17) is 23.7 Å². The summed E-state index contributed by atoms with van der Waals surface area (Å²) in [6.07, 6.45) is 1.24. The third-order valence-corrected chi connectivity index (χ3v) is 5.13. The van der Waals surface area contributed by atoms with Gasteiger partial charge in [0.25, 0.3) is 0 Å². The van der Waals surface area contributed by atoms with Crippen molar-refractivity contribution in [3.05, 3.63) is 29.1 Å². The highest BCUT2D eigenvalue weighted by Gasteiger charge is 2.28. The van der Waals surface area contributed by atoms with Crippen LogP contribution in [0.25, 0.3) is 21.8 Å². The molecule has 0 saturated carbocycles. The van der Waals surface area contributed by atoms with Crippen LogP contribution in [0.3, 0.4) is 0 Å². The Morgan fingerprint density at radius 3 is 2.03 bits per heavy atom. The maximum Gasteiger partial charge on any atom is 0.356 e. The van der Waals surface area contributed by atoms with Gasteiger partial charge in [0.05, 0.1) is 44.1 Å². The summed E-state index contributed by atoms with van der Waals surface area (Å²) in [4.78, 5) is 46.1. The molecule has 0 aliphatic rings. The molecule has 0 atom stereocenters. The summed E-state index contributed by atoms with van der Waals surface area (Å²) in [5, 5.41) is 0.837. The van der Waals surface area contributed by atoms with E-state index in [2.05, 4.69) is 9.97 Å². The second kappa shape index (κ2) is 12.2. The van der Waals surface area contributed by atoms with Gasteiger partial charge in [-0.05, 0) is 45.7 Å². The summed E-state index contributed by atoms with van der Waals surface area (Å²) in [6.45, 7) is 10.2. The number of carbonyl (C=O) groups excluding carboxylic acids is 3. The maximum absolute atomic E-state index is 13.2. The van der Waals surface area contributed by atoms with Crippen LogP contribution in [0.5, 0.6) is 11.5 Å². The number of fused-ring (bicyclic) bond motifs is 3. The smallest absolute Gasteiger partial charge is 0.356 e. The first-order valence-electron chi connectivity index (χ1n) is 12.2. The number of esters is 3. The summed E-state index contributed by atoms with van der Waals surface area (Å²) >= 11 is 0. The van der Waals surface area contributed by atoms with Crippen LogP contribution in [-0.4, -0.2) is 60.9 Å². The van der Waals surface area contributed by atoms with E-state index in [0.717, 1.165) is 0 Å². The van der Waals surface area contributed by atoms with E-state index in [0.29, 0.717) is 41.5 Å². The lowest BCUT2D eigenvalue weighted by molar-refractivity contribution is 0.0493. The van der Waals surface area contributed by atoms with Crippen molar-refractivity contribution in [2.45, 2.75) is 47.5 Å². The molecule has 194 valence electrons. The Bertz CT molecular complexity index is 1260. The van der Waals surface area contributed by atoms with Crippen LogP contribution in [-0.2, 0) is 14.2 Å². The zero-order valence-electron chi connectivity index (χ0n) is 21.3. The third kappa shape index (κ3) is 5.37. The Balaban J connectivity index is 2.45. The number of H-pyrrole nitrogens is 1. The molecular formula is C26H32N2O8. The Morgan fingerprint density at radius 2 is 1.42 bits per heavy atom. The Labute approximate surface area is 209 Å². The van der Waals surface area contributed by atoms with Crippen molar-refractivity contribution in [3.8, 4) is 11.5 Å². The molecule has 0 bridgehead atoms. The van der Waals surface area contributed by atoms with E-state index in [1.54, 1.807) is 19.9 Å². The van der Waals surface area contributed by atoms with Gasteiger partial charge in [0, 0.05) is 10.8 Å². The number of hydrogen-bond donors (Lipinski definition) is 1. The topological polar surface area (TPSA) is 126 Å². The molecule has 0 aliphatic carbocycles. The molecule has 3 aromatic rings. The minimum absolute atomic E-state index is 0.0701. The summed E-state index contributed by atoms with van der Waals surface area (Å²) in [5.74, 6) is -1.32. The number of benzene rings is 1. The molecule has 0 amide bonds. The molecule has 0 spiro atoms. The monoisotopic (exact) mass is 500 g/mol. The van der Waals surface area contributed by atoms with Crippen molar-refractivity contribution < 1.29 is 38.1 Å². The third-order valence-electron chi connectivity index (χ3n) is 5.13. The van der Waals surface area contributed by atoms with Gasteiger partial charge >= 0.3 is 17.9 Å². The molecule has 0 unspecified atom stereocenters. The van der Waals surface area contributed by atoms with Crippen LogP contribution in [0.4, 0.5) is 0 Å². The number of nitrogens with zero attached hydrogens (tertiary/aromatic N) is 1. The zero-order chi connectivity index (χ0) is 26.2. The molecule has 0 aliphatic heterocycles. The lowest BCUT2D eigenvalue weighted by atomic mass is 10.0. The van der Waals surface area contributed by atoms with E-state index in [9.17, 15) is 14.4 Å². The van der Waals surface area contributed by atoms with Gasteiger partial charge in [-0.2, -0.15) is 0 Å². The van der Waals surface area contributed by atoms with Crippen LogP contribution in [0.2, 0.25) is 0 Å². The van der Waals surface area contributed by atoms with Crippen molar-refractivity contribution in [2.24, 2.45) is 0 Å². The molecule has 1 aromatic carbocycles. The van der Waals surface area contributed by atoms with Gasteiger partial charge in [0.2, 0.25) is 0 Å². The SMILES string of the molecule is CCCOC(=O)c1cc(C(=O)OCCC)c2c(n1)c(OCC)c(OCC)c1cc(C(=O)OCC)[nH]c12. The van der Waals surface area contributed by atoms with Crippen LogP contribution in [0.1, 0.15) is 78.8 Å². The first kappa shape index (κ1) is 26.8. The average Bonchev–Trinajstić information content (AvgIpc) is 3.32. The fourth-order valence-corrected chi connectivity index (χ4v) is 3.71. The van der Waals surface area contributed by atoms with Crippen molar-refractivity contribution >= 4 is 39.7 Å². The fourth-order valence-electron chi connectivity index (χ4n) is 3.71. The summed E-state index contributed by atoms with van der Waals surface area (Å²) in [7, 11) is 0. The average molecular weight is 501 g/mol. The number of aromatic nitrogens is 2. The fraction of sp³-hybridized carbons (Fsp3) is 0.462. The molecule has 2 heterocycles. The predicted molar refractivity (Wildman–Crippen MR) is 133 cm³/mol. The molecule has 36 heavy (non-hydrogen) atoms. The van der Waals surface area contributed by atoms with Crippen LogP contribution >= 0.6 is 0 Å². The van der Waals surface area contributed by atoms with E-state index in [1.165, 1.54) is 6.07 Å². The standard InChI is InChI=1S/C26H32N2O8/c1-6-11-35-24(29)15-13-17(26(31)36-12-7-2)28-21-19(15)20-16(14-18(27-20)25(30)34-10-5)22(32-8-3)23(21)33-9-4/h13-14,27H,6-12H2,1-5H3. The molecule has 0 fully saturated rings. The minimum Gasteiger partial charge on any atom is -0.489 e. The van der Waals surface area contributed by atoms with E-state index in [1.807, 2.05) is 20.8 Å². The van der Waals surface area contributed by atoms with E-state index >= 15 is 0 Å². The highest BCUT2D eigenvalue weighted by molar-refractivity contribution is 6.20. The Kier molecular flexibility index (Phi) is 9.10. The summed E-state index contributed by atoms with van der Waals surface area (Å²) < 4.78 is 27.7. The van der Waals surface area contributed by atoms with Crippen molar-refractivity contribution in [1.82, 2.24) is 9.97 Å². The number of nitrogens with one attached hydrogen (secondary N) is 1. The Hall–Kier alpha value is -3.82. The van der Waals surface area contributed by atoms with E-state index < -0.39 is 17.9 Å². The van der Waals surface area contributed by atoms with Gasteiger partial charge in [-0.1, -0.05) is 13.8 Å². The molecule has 0 saturated heterocycles. The molecular weight excluding hydrogens is 468 g/mol. The normalized spacial score (nSPS) is 10.9. The van der Waals surface area contributed by atoms with Crippen molar-refractivity contribution in [2.75, 3.05) is 33.0 Å². The molecule has 2 aromatic heterocycles. The Morgan fingerprint density at radius 1 is 0.778 bits per heavy atom. The molecule has 10 heteroatoms. The van der Waals surface area contributed by atoms with Gasteiger partial charge in [0.1, 0.15) is 16.9 Å². The second-order valence-corrected chi connectivity index (χ2v) is 7.77. The molecule has 0 radical (unpaired) electrons. The number of rotatable bonds is 12. The quantitative estimate of drug-likeness (QED) is 0.275. The largest absolute Gasteiger partial charge is 0.489 e. The van der Waals surface area contributed by atoms with Gasteiger partial charge in [-0.15, -0.1) is 0 Å². The number of pyridine rings is 1. The lowest BCUT2D eigenvalue weighted by Gasteiger charge is -2.17. The predicted octanol–water partition coefficient (Wildman–Crippen LogP) is 4.82. The van der Waals surface area contributed by atoms with Gasteiger partial charge in [-0.3, -0.25) is 0 Å². The molecule has 1 N–H and O–H groups in total. The van der Waals surface area contributed by atoms with Gasteiger partial charge in [-0.25, -0.2) is 19.4 Å². The molecule has 3 rings (SSSR count). The lowest BCUT2D eigenvalue weighted by Crippen LogP contribution is -2.14. The van der Waals surface area contributed by atoms with Gasteiger partial charge in [0.15, 0.2) is 11.5 Å². The first-order valence-corrected chi connectivity index (χ1v) is 12.2. The number of aromatic amines is 1. The van der Waals surface area contributed by atoms with Crippen LogP contribution in [0.15, 0.2) is 12.1 Å². The minimum atomic E-state index is -0.678. The number of ether oxygens (including phenoxy) is 5. The highest BCUT2D eigenvalue weighted by Crippen LogP contribution is 2.44. The number of hydrogen-bond acceptors (Lipinski definition) is 9. The van der Waals surface area contributed by atoms with E-state index in [-0.39, 0.29) is 54.6 Å².